The first-order valence-corrected chi connectivity index (χ1v) is 5.55. The molecule has 1 aliphatic rings. The molecule has 1 saturated heterocycles. The van der Waals surface area contributed by atoms with Crippen LogP contribution in [0.1, 0.15) is 25.8 Å². The van der Waals surface area contributed by atoms with E-state index in [1.54, 1.807) is 0 Å². The van der Waals surface area contributed by atoms with Gasteiger partial charge in [-0.25, -0.2) is 0 Å². The maximum atomic E-state index is 9.23. The molecule has 0 saturated carbocycles. The number of likely N-dealkylation sites (tertiary alicyclic amines) is 1. The molecule has 1 aromatic rings. The van der Waals surface area contributed by atoms with Crippen LogP contribution in [0.3, 0.4) is 0 Å². The van der Waals surface area contributed by atoms with Gasteiger partial charge in [-0.3, -0.25) is 4.90 Å². The normalized spacial score (nSPS) is 24.9. The van der Waals surface area contributed by atoms with Gasteiger partial charge in [0.1, 0.15) is 0 Å². The lowest BCUT2D eigenvalue weighted by Gasteiger charge is -2.54. The number of hydrogen-bond donors (Lipinski definition) is 1. The second kappa shape index (κ2) is 3.95. The van der Waals surface area contributed by atoms with E-state index < -0.39 is 0 Å². The number of aliphatic hydroxyl groups excluding tert-OH is 1. The van der Waals surface area contributed by atoms with E-state index in [0.717, 1.165) is 13.0 Å². The molecule has 0 aliphatic carbocycles. The zero-order valence-corrected chi connectivity index (χ0v) is 9.48. The number of nitrogens with zero attached hydrogens (tertiary/aromatic N) is 1. The van der Waals surface area contributed by atoms with Gasteiger partial charge in [0.05, 0.1) is 6.61 Å². The van der Waals surface area contributed by atoms with Gasteiger partial charge < -0.3 is 5.11 Å². The van der Waals surface area contributed by atoms with Crippen LogP contribution in [0.15, 0.2) is 30.3 Å². The third-order valence-corrected chi connectivity index (χ3v) is 3.36. The SMILES string of the molecule is CC1(C)CC(CO)N1Cc1ccccc1. The highest BCUT2D eigenvalue weighted by atomic mass is 16.3. The van der Waals surface area contributed by atoms with Crippen LogP contribution in [0.25, 0.3) is 0 Å². The van der Waals surface area contributed by atoms with E-state index in [1.165, 1.54) is 5.56 Å². The van der Waals surface area contributed by atoms with E-state index in [-0.39, 0.29) is 12.1 Å². The predicted octanol–water partition coefficient (Wildman–Crippen LogP) is 2.03. The summed E-state index contributed by atoms with van der Waals surface area (Å²) in [5, 5.41) is 9.23. The highest BCUT2D eigenvalue weighted by Gasteiger charge is 2.43. The molecule has 2 rings (SSSR count). The minimum Gasteiger partial charge on any atom is -0.395 e. The minimum absolute atomic E-state index is 0.239. The monoisotopic (exact) mass is 205 g/mol. The fourth-order valence-electron chi connectivity index (χ4n) is 2.47. The molecule has 0 spiro atoms. The Balaban J connectivity index is 2.05. The lowest BCUT2D eigenvalue weighted by Crippen LogP contribution is -2.63. The first-order chi connectivity index (χ1) is 7.13. The quantitative estimate of drug-likeness (QED) is 0.816. The molecule has 0 amide bonds. The summed E-state index contributed by atoms with van der Waals surface area (Å²) in [5.74, 6) is 0. The molecule has 1 atom stereocenters. The highest BCUT2D eigenvalue weighted by Crippen LogP contribution is 2.36. The second-order valence-electron chi connectivity index (χ2n) is 4.97. The average Bonchev–Trinajstić information content (AvgIpc) is 2.24. The van der Waals surface area contributed by atoms with Gasteiger partial charge in [-0.1, -0.05) is 30.3 Å². The first-order valence-electron chi connectivity index (χ1n) is 5.55. The van der Waals surface area contributed by atoms with Crippen LogP contribution in [0.2, 0.25) is 0 Å². The summed E-state index contributed by atoms with van der Waals surface area (Å²) in [5.41, 5.74) is 1.56. The van der Waals surface area contributed by atoms with Crippen LogP contribution in [0.4, 0.5) is 0 Å². The average molecular weight is 205 g/mol. The molecule has 1 aromatic carbocycles. The highest BCUT2D eigenvalue weighted by molar-refractivity contribution is 5.16. The van der Waals surface area contributed by atoms with Crippen LogP contribution in [0.5, 0.6) is 0 Å². The van der Waals surface area contributed by atoms with Crippen molar-refractivity contribution in [2.45, 2.75) is 38.4 Å². The third kappa shape index (κ3) is 2.06. The van der Waals surface area contributed by atoms with Crippen molar-refractivity contribution in [1.29, 1.82) is 0 Å². The molecule has 15 heavy (non-hydrogen) atoms. The van der Waals surface area contributed by atoms with Crippen molar-refractivity contribution in [3.05, 3.63) is 35.9 Å². The standard InChI is InChI=1S/C13H19NO/c1-13(2)8-12(10-15)14(13)9-11-6-4-3-5-7-11/h3-7,12,15H,8-10H2,1-2H3. The van der Waals surface area contributed by atoms with Crippen molar-refractivity contribution in [3.8, 4) is 0 Å². The van der Waals surface area contributed by atoms with E-state index in [4.69, 9.17) is 0 Å². The molecule has 82 valence electrons. The first kappa shape index (κ1) is 10.7. The van der Waals surface area contributed by atoms with Gasteiger partial charge in [0, 0.05) is 18.1 Å². The fraction of sp³-hybridized carbons (Fsp3) is 0.538. The van der Waals surface area contributed by atoms with E-state index in [1.807, 2.05) is 6.07 Å². The fourth-order valence-corrected chi connectivity index (χ4v) is 2.47. The number of aliphatic hydroxyl groups is 1. The summed E-state index contributed by atoms with van der Waals surface area (Å²) in [4.78, 5) is 2.38. The van der Waals surface area contributed by atoms with Crippen molar-refractivity contribution in [3.63, 3.8) is 0 Å². The zero-order valence-electron chi connectivity index (χ0n) is 9.48. The summed E-state index contributed by atoms with van der Waals surface area (Å²) in [6.07, 6.45) is 1.09. The smallest absolute Gasteiger partial charge is 0.0587 e. The Morgan fingerprint density at radius 2 is 2.00 bits per heavy atom. The molecular weight excluding hydrogens is 186 g/mol. The van der Waals surface area contributed by atoms with Crippen molar-refractivity contribution in [2.24, 2.45) is 0 Å². The molecule has 0 radical (unpaired) electrons. The maximum absolute atomic E-state index is 9.23. The minimum atomic E-state index is 0.239. The van der Waals surface area contributed by atoms with Crippen LogP contribution >= 0.6 is 0 Å². The second-order valence-corrected chi connectivity index (χ2v) is 4.97. The van der Waals surface area contributed by atoms with Gasteiger partial charge in [0.2, 0.25) is 0 Å². The molecule has 2 nitrogen and oxygen atoms in total. The topological polar surface area (TPSA) is 23.5 Å². The summed E-state index contributed by atoms with van der Waals surface area (Å²) in [7, 11) is 0. The van der Waals surface area contributed by atoms with E-state index >= 15 is 0 Å². The van der Waals surface area contributed by atoms with E-state index in [9.17, 15) is 5.11 Å². The van der Waals surface area contributed by atoms with Gasteiger partial charge in [0.15, 0.2) is 0 Å². The van der Waals surface area contributed by atoms with Crippen LogP contribution in [0, 0.1) is 0 Å². The van der Waals surface area contributed by atoms with Crippen molar-refractivity contribution >= 4 is 0 Å². The third-order valence-electron chi connectivity index (χ3n) is 3.36. The molecule has 0 aromatic heterocycles. The van der Waals surface area contributed by atoms with Crippen molar-refractivity contribution in [2.75, 3.05) is 6.61 Å². The summed E-state index contributed by atoms with van der Waals surface area (Å²) in [6, 6.07) is 10.8. The molecule has 2 heteroatoms. The Labute approximate surface area is 91.5 Å². The maximum Gasteiger partial charge on any atom is 0.0587 e. The lowest BCUT2D eigenvalue weighted by molar-refractivity contribution is -0.0787. The summed E-state index contributed by atoms with van der Waals surface area (Å²) >= 11 is 0. The van der Waals surface area contributed by atoms with Crippen molar-refractivity contribution < 1.29 is 5.11 Å². The molecule has 1 aliphatic heterocycles. The number of rotatable bonds is 3. The van der Waals surface area contributed by atoms with Gasteiger partial charge in [-0.15, -0.1) is 0 Å². The van der Waals surface area contributed by atoms with Crippen LogP contribution in [-0.4, -0.2) is 28.2 Å². The Morgan fingerprint density at radius 3 is 2.53 bits per heavy atom. The largest absolute Gasteiger partial charge is 0.395 e. The molecule has 1 heterocycles. The number of benzene rings is 1. The van der Waals surface area contributed by atoms with Crippen LogP contribution in [-0.2, 0) is 6.54 Å². The van der Waals surface area contributed by atoms with Gasteiger partial charge in [0.25, 0.3) is 0 Å². The molecule has 1 fully saturated rings. The predicted molar refractivity (Wildman–Crippen MR) is 61.6 cm³/mol. The molecule has 1 N–H and O–H groups in total. The Hall–Kier alpha value is -0.860. The van der Waals surface area contributed by atoms with Crippen molar-refractivity contribution in [1.82, 2.24) is 4.90 Å². The Bertz CT molecular complexity index is 321. The Kier molecular flexibility index (Phi) is 2.81. The summed E-state index contributed by atoms with van der Waals surface area (Å²) < 4.78 is 0. The molecule has 0 bridgehead atoms. The Morgan fingerprint density at radius 1 is 1.33 bits per heavy atom. The van der Waals surface area contributed by atoms with E-state index in [2.05, 4.69) is 43.0 Å². The molecular formula is C13H19NO. The molecule has 1 unspecified atom stereocenters. The van der Waals surface area contributed by atoms with Gasteiger partial charge in [-0.2, -0.15) is 0 Å². The lowest BCUT2D eigenvalue weighted by atomic mass is 9.81. The zero-order chi connectivity index (χ0) is 10.9. The van der Waals surface area contributed by atoms with Gasteiger partial charge in [-0.05, 0) is 25.8 Å². The summed E-state index contributed by atoms with van der Waals surface area (Å²) in [6.45, 7) is 5.69. The van der Waals surface area contributed by atoms with E-state index in [0.29, 0.717) is 6.04 Å². The number of hydrogen-bond acceptors (Lipinski definition) is 2. The van der Waals surface area contributed by atoms with Crippen LogP contribution < -0.4 is 0 Å². The van der Waals surface area contributed by atoms with Gasteiger partial charge >= 0.3 is 0 Å².